The molecule has 0 heterocycles. The Kier molecular flexibility index (Phi) is 6.09. The number of carbonyl (C=O) groups is 1. The molecule has 20 heavy (non-hydrogen) atoms. The first kappa shape index (κ1) is 16.6. The lowest BCUT2D eigenvalue weighted by Crippen LogP contribution is -2.19. The summed E-state index contributed by atoms with van der Waals surface area (Å²) in [6.07, 6.45) is -3.79. The van der Waals surface area contributed by atoms with Gasteiger partial charge < -0.3 is 14.2 Å². The molecule has 0 saturated carbocycles. The van der Waals surface area contributed by atoms with Crippen molar-refractivity contribution < 1.29 is 32.2 Å². The van der Waals surface area contributed by atoms with Crippen molar-refractivity contribution >= 4 is 17.9 Å². The summed E-state index contributed by atoms with van der Waals surface area (Å²) in [4.78, 5) is 10.6. The third-order valence-electron chi connectivity index (χ3n) is 2.13. The summed E-state index contributed by atoms with van der Waals surface area (Å²) in [6.45, 7) is -1.73. The van der Waals surface area contributed by atoms with Crippen molar-refractivity contribution in [3.8, 4) is 11.5 Å². The van der Waals surface area contributed by atoms with Gasteiger partial charge in [0.15, 0.2) is 11.5 Å². The number of halogens is 4. The summed E-state index contributed by atoms with van der Waals surface area (Å²) >= 11 is 5.89. The van der Waals surface area contributed by atoms with Crippen molar-refractivity contribution in [3.63, 3.8) is 0 Å². The maximum atomic E-state index is 11.8. The molecule has 1 rings (SSSR count). The van der Waals surface area contributed by atoms with Crippen molar-refractivity contribution in [2.75, 3.05) is 26.9 Å². The fraction of sp³-hybridized carbons (Fsp3) is 0.417. The van der Waals surface area contributed by atoms with Crippen LogP contribution >= 0.6 is 11.6 Å². The van der Waals surface area contributed by atoms with Gasteiger partial charge in [0.05, 0.1) is 18.7 Å². The van der Waals surface area contributed by atoms with E-state index < -0.39 is 12.8 Å². The number of benzene rings is 1. The summed E-state index contributed by atoms with van der Waals surface area (Å²) in [5, 5.41) is 0.127. The second-order valence-corrected chi connectivity index (χ2v) is 4.08. The van der Waals surface area contributed by atoms with Crippen LogP contribution in [0.25, 0.3) is 0 Å². The number of alkyl halides is 3. The van der Waals surface area contributed by atoms with E-state index in [9.17, 15) is 18.0 Å². The molecule has 0 aliphatic carbocycles. The zero-order chi connectivity index (χ0) is 15.2. The third kappa shape index (κ3) is 5.26. The van der Waals surface area contributed by atoms with Crippen molar-refractivity contribution in [3.05, 3.63) is 22.7 Å². The third-order valence-corrected chi connectivity index (χ3v) is 2.41. The van der Waals surface area contributed by atoms with Gasteiger partial charge in [-0.2, -0.15) is 13.2 Å². The highest BCUT2D eigenvalue weighted by Gasteiger charge is 2.27. The molecule has 1 aromatic rings. The summed E-state index contributed by atoms with van der Waals surface area (Å²) < 4.78 is 50.1. The summed E-state index contributed by atoms with van der Waals surface area (Å²) in [5.74, 6) is 0.366. The van der Waals surface area contributed by atoms with E-state index in [1.165, 1.54) is 19.2 Å². The standard InChI is InChI=1S/C12H12ClF3O4/c1-18-10-5-8(6-17)4-9(13)11(10)20-3-2-19-7-12(14,15)16/h4-6H,2-3,7H2,1H3. The molecule has 0 saturated heterocycles. The van der Waals surface area contributed by atoms with Gasteiger partial charge in [0.25, 0.3) is 0 Å². The fourth-order valence-electron chi connectivity index (χ4n) is 1.34. The zero-order valence-corrected chi connectivity index (χ0v) is 11.3. The number of hydrogen-bond acceptors (Lipinski definition) is 4. The highest BCUT2D eigenvalue weighted by Crippen LogP contribution is 2.35. The average molecular weight is 313 g/mol. The van der Waals surface area contributed by atoms with E-state index in [1.807, 2.05) is 0 Å². The van der Waals surface area contributed by atoms with Gasteiger partial charge >= 0.3 is 6.18 Å². The van der Waals surface area contributed by atoms with E-state index in [2.05, 4.69) is 4.74 Å². The molecule has 0 fully saturated rings. The van der Waals surface area contributed by atoms with Crippen LogP contribution in [0.15, 0.2) is 12.1 Å². The van der Waals surface area contributed by atoms with Crippen LogP contribution in [0.4, 0.5) is 13.2 Å². The van der Waals surface area contributed by atoms with Crippen LogP contribution in [0.2, 0.25) is 5.02 Å². The lowest BCUT2D eigenvalue weighted by Gasteiger charge is -2.13. The Hall–Kier alpha value is -1.47. The molecule has 0 aromatic heterocycles. The molecule has 1 aromatic carbocycles. The topological polar surface area (TPSA) is 44.8 Å². The number of hydrogen-bond donors (Lipinski definition) is 0. The zero-order valence-electron chi connectivity index (χ0n) is 10.5. The maximum Gasteiger partial charge on any atom is 0.411 e. The second-order valence-electron chi connectivity index (χ2n) is 3.67. The molecule has 0 unspecified atom stereocenters. The molecule has 0 aliphatic heterocycles. The number of methoxy groups -OCH3 is 1. The largest absolute Gasteiger partial charge is 0.493 e. The maximum absolute atomic E-state index is 11.8. The molecule has 0 spiro atoms. The van der Waals surface area contributed by atoms with Gasteiger partial charge in [-0.15, -0.1) is 0 Å². The predicted octanol–water partition coefficient (Wildman–Crippen LogP) is 3.12. The normalized spacial score (nSPS) is 11.2. The first-order valence-corrected chi connectivity index (χ1v) is 5.85. The van der Waals surface area contributed by atoms with Gasteiger partial charge in [-0.3, -0.25) is 4.79 Å². The predicted molar refractivity (Wildman–Crippen MR) is 65.8 cm³/mol. The van der Waals surface area contributed by atoms with Crippen LogP contribution in [-0.2, 0) is 4.74 Å². The van der Waals surface area contributed by atoms with Gasteiger partial charge in [-0.1, -0.05) is 11.6 Å². The number of carbonyl (C=O) groups excluding carboxylic acids is 1. The highest BCUT2D eigenvalue weighted by atomic mass is 35.5. The Labute approximate surface area is 118 Å². The Morgan fingerprint density at radius 2 is 2.00 bits per heavy atom. The van der Waals surface area contributed by atoms with E-state index in [0.717, 1.165) is 0 Å². The number of rotatable bonds is 7. The van der Waals surface area contributed by atoms with Crippen LogP contribution in [0.1, 0.15) is 10.4 Å². The summed E-state index contributed by atoms with van der Waals surface area (Å²) in [6, 6.07) is 2.77. The Morgan fingerprint density at radius 1 is 1.30 bits per heavy atom. The van der Waals surface area contributed by atoms with E-state index in [4.69, 9.17) is 21.1 Å². The van der Waals surface area contributed by atoms with Crippen molar-refractivity contribution in [2.45, 2.75) is 6.18 Å². The first-order chi connectivity index (χ1) is 9.37. The molecule has 0 aliphatic rings. The minimum absolute atomic E-state index is 0.127. The second kappa shape index (κ2) is 7.35. The van der Waals surface area contributed by atoms with Gasteiger partial charge in [0, 0.05) is 5.56 Å². The van der Waals surface area contributed by atoms with E-state index in [0.29, 0.717) is 11.8 Å². The molecule has 112 valence electrons. The van der Waals surface area contributed by atoms with Crippen molar-refractivity contribution in [2.24, 2.45) is 0 Å². The fourth-order valence-corrected chi connectivity index (χ4v) is 1.61. The Bertz CT molecular complexity index is 463. The average Bonchev–Trinajstić information content (AvgIpc) is 2.38. The molecule has 0 N–H and O–H groups in total. The number of aldehydes is 1. The van der Waals surface area contributed by atoms with E-state index >= 15 is 0 Å². The molecule has 0 radical (unpaired) electrons. The van der Waals surface area contributed by atoms with Crippen LogP contribution in [0.3, 0.4) is 0 Å². The van der Waals surface area contributed by atoms with E-state index in [1.54, 1.807) is 0 Å². The molecule has 0 atom stereocenters. The van der Waals surface area contributed by atoms with Crippen LogP contribution < -0.4 is 9.47 Å². The minimum atomic E-state index is -4.37. The quantitative estimate of drug-likeness (QED) is 0.573. The molecule has 4 nitrogen and oxygen atoms in total. The summed E-state index contributed by atoms with van der Waals surface area (Å²) in [5.41, 5.74) is 0.299. The number of ether oxygens (including phenoxy) is 3. The monoisotopic (exact) mass is 312 g/mol. The minimum Gasteiger partial charge on any atom is -0.493 e. The highest BCUT2D eigenvalue weighted by molar-refractivity contribution is 6.32. The first-order valence-electron chi connectivity index (χ1n) is 5.47. The van der Waals surface area contributed by atoms with E-state index in [-0.39, 0.29) is 29.7 Å². The Balaban J connectivity index is 2.57. The lowest BCUT2D eigenvalue weighted by molar-refractivity contribution is -0.175. The summed E-state index contributed by atoms with van der Waals surface area (Å²) in [7, 11) is 1.35. The van der Waals surface area contributed by atoms with Gasteiger partial charge in [0.2, 0.25) is 0 Å². The van der Waals surface area contributed by atoms with Gasteiger partial charge in [0.1, 0.15) is 19.5 Å². The molecular formula is C12H12ClF3O4. The lowest BCUT2D eigenvalue weighted by atomic mass is 10.2. The van der Waals surface area contributed by atoms with Crippen LogP contribution in [0.5, 0.6) is 11.5 Å². The molecular weight excluding hydrogens is 301 g/mol. The van der Waals surface area contributed by atoms with Crippen LogP contribution in [-0.4, -0.2) is 39.4 Å². The van der Waals surface area contributed by atoms with Gasteiger partial charge in [-0.05, 0) is 12.1 Å². The molecule has 8 heteroatoms. The molecule has 0 amide bonds. The van der Waals surface area contributed by atoms with Crippen molar-refractivity contribution in [1.82, 2.24) is 0 Å². The van der Waals surface area contributed by atoms with Crippen LogP contribution in [0, 0.1) is 0 Å². The van der Waals surface area contributed by atoms with Gasteiger partial charge in [-0.25, -0.2) is 0 Å². The Morgan fingerprint density at radius 3 is 2.55 bits per heavy atom. The smallest absolute Gasteiger partial charge is 0.411 e. The molecule has 0 bridgehead atoms. The SMILES string of the molecule is COc1cc(C=O)cc(Cl)c1OCCOCC(F)(F)F. The van der Waals surface area contributed by atoms with Crippen molar-refractivity contribution in [1.29, 1.82) is 0 Å².